The summed E-state index contributed by atoms with van der Waals surface area (Å²) in [6, 6.07) is 21.9. The molecule has 4 aromatic rings. The van der Waals surface area contributed by atoms with Crippen LogP contribution in [0.5, 0.6) is 0 Å². The molecule has 0 amide bonds. The number of aromatic nitrogens is 2. The zero-order valence-electron chi connectivity index (χ0n) is 14.7. The molecule has 0 aliphatic carbocycles. The van der Waals surface area contributed by atoms with E-state index < -0.39 is 0 Å². The number of rotatable bonds is 6. The summed E-state index contributed by atoms with van der Waals surface area (Å²) in [5, 5.41) is 14.8. The summed E-state index contributed by atoms with van der Waals surface area (Å²) in [7, 11) is 0. The van der Waals surface area contributed by atoms with Crippen molar-refractivity contribution in [2.75, 3.05) is 0 Å². The van der Waals surface area contributed by atoms with Gasteiger partial charge in [0.1, 0.15) is 0 Å². The van der Waals surface area contributed by atoms with E-state index in [0.29, 0.717) is 16.8 Å². The average Bonchev–Trinajstić information content (AvgIpc) is 3.39. The highest BCUT2D eigenvalue weighted by atomic mass is 35.5. The van der Waals surface area contributed by atoms with Gasteiger partial charge in [-0.3, -0.25) is 5.32 Å². The SMILES string of the molecule is C[C@@H](N[C@H](c1ccccc1)c1cccs1)c1nnc(-c2cccc(Cl)c2)o1. The van der Waals surface area contributed by atoms with E-state index in [-0.39, 0.29) is 12.1 Å². The molecule has 0 saturated carbocycles. The predicted octanol–water partition coefficient (Wildman–Crippen LogP) is 5.89. The zero-order chi connectivity index (χ0) is 18.6. The molecule has 2 heterocycles. The molecule has 0 aliphatic heterocycles. The van der Waals surface area contributed by atoms with Crippen molar-refractivity contribution in [3.63, 3.8) is 0 Å². The fourth-order valence-electron chi connectivity index (χ4n) is 2.91. The molecule has 2 aromatic carbocycles. The second kappa shape index (κ2) is 8.05. The summed E-state index contributed by atoms with van der Waals surface area (Å²) in [5.41, 5.74) is 2.01. The quantitative estimate of drug-likeness (QED) is 0.442. The number of hydrogen-bond acceptors (Lipinski definition) is 5. The van der Waals surface area contributed by atoms with Crippen LogP contribution in [0.3, 0.4) is 0 Å². The minimum Gasteiger partial charge on any atom is -0.419 e. The van der Waals surface area contributed by atoms with Crippen molar-refractivity contribution >= 4 is 22.9 Å². The normalized spacial score (nSPS) is 13.4. The van der Waals surface area contributed by atoms with Crippen LogP contribution in [0.25, 0.3) is 11.5 Å². The van der Waals surface area contributed by atoms with Crippen molar-refractivity contribution in [1.82, 2.24) is 15.5 Å². The number of halogens is 1. The Labute approximate surface area is 166 Å². The highest BCUT2D eigenvalue weighted by molar-refractivity contribution is 7.10. The third-order valence-electron chi connectivity index (χ3n) is 4.26. The maximum Gasteiger partial charge on any atom is 0.247 e. The van der Waals surface area contributed by atoms with E-state index in [1.165, 1.54) is 10.4 Å². The number of benzene rings is 2. The van der Waals surface area contributed by atoms with Crippen molar-refractivity contribution < 1.29 is 4.42 Å². The first-order valence-corrected chi connectivity index (χ1v) is 9.90. The van der Waals surface area contributed by atoms with Crippen molar-refractivity contribution in [2.45, 2.75) is 19.0 Å². The Morgan fingerprint density at radius 2 is 1.85 bits per heavy atom. The fraction of sp³-hybridized carbons (Fsp3) is 0.143. The molecule has 136 valence electrons. The van der Waals surface area contributed by atoms with E-state index in [4.69, 9.17) is 16.0 Å². The molecule has 0 radical (unpaired) electrons. The van der Waals surface area contributed by atoms with Crippen LogP contribution in [0.2, 0.25) is 5.02 Å². The van der Waals surface area contributed by atoms with Gasteiger partial charge in [0.25, 0.3) is 0 Å². The molecule has 27 heavy (non-hydrogen) atoms. The Hall–Kier alpha value is -2.47. The first-order chi connectivity index (χ1) is 13.2. The summed E-state index contributed by atoms with van der Waals surface area (Å²) in [4.78, 5) is 1.24. The van der Waals surface area contributed by atoms with Gasteiger partial charge in [-0.1, -0.05) is 54.1 Å². The van der Waals surface area contributed by atoms with Crippen molar-refractivity contribution in [1.29, 1.82) is 0 Å². The monoisotopic (exact) mass is 395 g/mol. The summed E-state index contributed by atoms with van der Waals surface area (Å²) < 4.78 is 5.90. The Kier molecular flexibility index (Phi) is 5.34. The van der Waals surface area contributed by atoms with Gasteiger partial charge in [-0.05, 0) is 42.1 Å². The molecule has 4 rings (SSSR count). The lowest BCUT2D eigenvalue weighted by Crippen LogP contribution is -2.25. The van der Waals surface area contributed by atoms with Crippen LogP contribution in [0.15, 0.2) is 76.5 Å². The van der Waals surface area contributed by atoms with E-state index >= 15 is 0 Å². The van der Waals surface area contributed by atoms with Gasteiger partial charge >= 0.3 is 0 Å². The lowest BCUT2D eigenvalue weighted by molar-refractivity contribution is 0.405. The third-order valence-corrected chi connectivity index (χ3v) is 5.43. The van der Waals surface area contributed by atoms with Crippen LogP contribution >= 0.6 is 22.9 Å². The molecule has 0 spiro atoms. The van der Waals surface area contributed by atoms with Gasteiger partial charge in [0.2, 0.25) is 11.8 Å². The van der Waals surface area contributed by atoms with Gasteiger partial charge in [0.15, 0.2) is 0 Å². The minimum absolute atomic E-state index is 0.0581. The summed E-state index contributed by atoms with van der Waals surface area (Å²) in [5.74, 6) is 1.01. The molecule has 2 aromatic heterocycles. The van der Waals surface area contributed by atoms with Gasteiger partial charge in [-0.25, -0.2) is 0 Å². The van der Waals surface area contributed by atoms with E-state index in [0.717, 1.165) is 5.56 Å². The lowest BCUT2D eigenvalue weighted by atomic mass is 10.0. The summed E-state index contributed by atoms with van der Waals surface area (Å²) in [6.45, 7) is 2.03. The number of hydrogen-bond donors (Lipinski definition) is 1. The smallest absolute Gasteiger partial charge is 0.247 e. The largest absolute Gasteiger partial charge is 0.419 e. The molecule has 1 N–H and O–H groups in total. The number of thiophene rings is 1. The highest BCUT2D eigenvalue weighted by Crippen LogP contribution is 2.29. The minimum atomic E-state index is -0.113. The average molecular weight is 396 g/mol. The predicted molar refractivity (Wildman–Crippen MR) is 109 cm³/mol. The topological polar surface area (TPSA) is 51.0 Å². The van der Waals surface area contributed by atoms with Crippen LogP contribution in [0, 0.1) is 0 Å². The molecule has 0 saturated heterocycles. The van der Waals surface area contributed by atoms with Gasteiger partial charge in [0.05, 0.1) is 12.1 Å². The number of nitrogens with zero attached hydrogens (tertiary/aromatic N) is 2. The molecule has 0 bridgehead atoms. The summed E-state index contributed by atoms with van der Waals surface area (Å²) >= 11 is 7.78. The second-order valence-electron chi connectivity index (χ2n) is 6.20. The van der Waals surface area contributed by atoms with E-state index in [1.54, 1.807) is 11.3 Å². The Balaban J connectivity index is 1.58. The van der Waals surface area contributed by atoms with E-state index in [1.807, 2.05) is 49.4 Å². The lowest BCUT2D eigenvalue weighted by Gasteiger charge is -2.21. The molecular weight excluding hydrogens is 378 g/mol. The van der Waals surface area contributed by atoms with Gasteiger partial charge in [-0.2, -0.15) is 0 Å². The standard InChI is InChI=1S/C21H18ClN3OS/c1-14(20-24-25-21(26-20)16-9-5-10-17(22)13-16)23-19(18-11-6-12-27-18)15-7-3-2-4-8-15/h2-14,19,23H,1H3/t14-,19-/m1/s1. The first kappa shape index (κ1) is 17.9. The highest BCUT2D eigenvalue weighted by Gasteiger charge is 2.22. The summed E-state index contributed by atoms with van der Waals surface area (Å²) in [6.07, 6.45) is 0. The molecule has 0 aliphatic rings. The van der Waals surface area contributed by atoms with Gasteiger partial charge < -0.3 is 4.42 Å². The van der Waals surface area contributed by atoms with Crippen LogP contribution in [-0.4, -0.2) is 10.2 Å². The van der Waals surface area contributed by atoms with Gasteiger partial charge in [0, 0.05) is 15.5 Å². The third kappa shape index (κ3) is 4.11. The van der Waals surface area contributed by atoms with Crippen LogP contribution in [0.4, 0.5) is 0 Å². The van der Waals surface area contributed by atoms with Crippen LogP contribution in [0.1, 0.15) is 35.3 Å². The van der Waals surface area contributed by atoms with Crippen LogP contribution < -0.4 is 5.32 Å². The maximum absolute atomic E-state index is 6.06. The Morgan fingerprint density at radius 3 is 2.59 bits per heavy atom. The molecule has 0 fully saturated rings. The Morgan fingerprint density at radius 1 is 1.00 bits per heavy atom. The molecule has 4 nitrogen and oxygen atoms in total. The van der Waals surface area contributed by atoms with Crippen molar-refractivity contribution in [3.05, 3.63) is 93.5 Å². The maximum atomic E-state index is 6.06. The van der Waals surface area contributed by atoms with E-state index in [2.05, 4.69) is 45.2 Å². The second-order valence-corrected chi connectivity index (χ2v) is 7.62. The molecular formula is C21H18ClN3OS. The molecule has 2 atom stereocenters. The fourth-order valence-corrected chi connectivity index (χ4v) is 3.91. The molecule has 6 heteroatoms. The zero-order valence-corrected chi connectivity index (χ0v) is 16.2. The van der Waals surface area contributed by atoms with E-state index in [9.17, 15) is 0 Å². The molecule has 0 unspecified atom stereocenters. The first-order valence-electron chi connectivity index (χ1n) is 8.64. The van der Waals surface area contributed by atoms with Crippen molar-refractivity contribution in [3.8, 4) is 11.5 Å². The Bertz CT molecular complexity index is 1000. The number of nitrogens with one attached hydrogen (secondary N) is 1. The van der Waals surface area contributed by atoms with Crippen LogP contribution in [-0.2, 0) is 0 Å². The van der Waals surface area contributed by atoms with Gasteiger partial charge in [-0.15, -0.1) is 21.5 Å². The van der Waals surface area contributed by atoms with Crippen molar-refractivity contribution in [2.24, 2.45) is 0 Å².